The molecule has 12 heteroatoms. The second-order valence-electron chi connectivity index (χ2n) is 10.3. The maximum atomic E-state index is 13.5. The Balaban J connectivity index is 1.24. The molecule has 1 aromatic heterocycles. The minimum Gasteiger partial charge on any atom is -0.337 e. The van der Waals surface area contributed by atoms with E-state index in [9.17, 15) is 28.8 Å². The molecule has 1 aliphatic heterocycles. The highest BCUT2D eigenvalue weighted by atomic mass is 32.2. The van der Waals surface area contributed by atoms with E-state index in [2.05, 4.69) is 22.0 Å². The van der Waals surface area contributed by atoms with Gasteiger partial charge in [0.05, 0.1) is 17.9 Å². The number of nitriles is 1. The fraction of sp³-hybridized carbons (Fsp3) is 0.147. The number of fused-ring (bicyclic) bond motifs is 1. The SMILES string of the molecule is CC(=O)N1CCc2c(sc(NC(=O)CSc3cccc(NC(=O)/C(=C\c4ccc(F)cc4)NC(=O)c4ccccc4)c3)c2C#N)C1. The lowest BCUT2D eigenvalue weighted by atomic mass is 10.0. The van der Waals surface area contributed by atoms with E-state index in [1.807, 2.05) is 0 Å². The zero-order chi connectivity index (χ0) is 32.6. The van der Waals surface area contributed by atoms with Gasteiger partial charge in [0, 0.05) is 34.5 Å². The van der Waals surface area contributed by atoms with Crippen LogP contribution in [-0.2, 0) is 27.3 Å². The third-order valence-electron chi connectivity index (χ3n) is 7.04. The molecule has 0 saturated carbocycles. The molecular formula is C34H28FN5O4S2. The van der Waals surface area contributed by atoms with Crippen LogP contribution in [0.1, 0.15) is 38.8 Å². The highest BCUT2D eigenvalue weighted by molar-refractivity contribution is 8.00. The quantitative estimate of drug-likeness (QED) is 0.155. The fourth-order valence-corrected chi connectivity index (χ4v) is 6.71. The van der Waals surface area contributed by atoms with Crippen LogP contribution < -0.4 is 16.0 Å². The lowest BCUT2D eigenvalue weighted by Crippen LogP contribution is -2.33. The van der Waals surface area contributed by atoms with Crippen molar-refractivity contribution >= 4 is 63.5 Å². The van der Waals surface area contributed by atoms with Crippen molar-refractivity contribution in [3.05, 3.63) is 118 Å². The first kappa shape index (κ1) is 32.2. The fourth-order valence-electron chi connectivity index (χ4n) is 4.72. The van der Waals surface area contributed by atoms with Crippen molar-refractivity contribution in [2.45, 2.75) is 24.8 Å². The van der Waals surface area contributed by atoms with Gasteiger partial charge in [0.1, 0.15) is 22.6 Å². The molecule has 232 valence electrons. The first-order chi connectivity index (χ1) is 22.2. The highest BCUT2D eigenvalue weighted by Gasteiger charge is 2.26. The number of hydrogen-bond acceptors (Lipinski definition) is 7. The Labute approximate surface area is 273 Å². The maximum absolute atomic E-state index is 13.5. The topological polar surface area (TPSA) is 131 Å². The molecule has 4 amide bonds. The summed E-state index contributed by atoms with van der Waals surface area (Å²) < 4.78 is 13.5. The lowest BCUT2D eigenvalue weighted by molar-refractivity contribution is -0.129. The van der Waals surface area contributed by atoms with Gasteiger partial charge in [-0.15, -0.1) is 23.1 Å². The minimum absolute atomic E-state index is 0.0324. The summed E-state index contributed by atoms with van der Waals surface area (Å²) in [6, 6.07) is 23.0. The molecule has 0 aliphatic carbocycles. The number of nitrogens with one attached hydrogen (secondary N) is 3. The van der Waals surface area contributed by atoms with E-state index in [1.54, 1.807) is 59.5 Å². The number of hydrogen-bond donors (Lipinski definition) is 3. The largest absolute Gasteiger partial charge is 0.337 e. The average Bonchev–Trinajstić information content (AvgIpc) is 3.40. The van der Waals surface area contributed by atoms with Gasteiger partial charge in [-0.2, -0.15) is 5.26 Å². The summed E-state index contributed by atoms with van der Waals surface area (Å²) in [5.74, 6) is -1.79. The molecule has 0 fully saturated rings. The lowest BCUT2D eigenvalue weighted by Gasteiger charge is -2.25. The number of rotatable bonds is 9. The van der Waals surface area contributed by atoms with Crippen LogP contribution in [0.15, 0.2) is 89.5 Å². The van der Waals surface area contributed by atoms with E-state index in [4.69, 9.17) is 0 Å². The summed E-state index contributed by atoms with van der Waals surface area (Å²) in [5.41, 5.74) is 2.58. The normalized spacial score (nSPS) is 12.5. The smallest absolute Gasteiger partial charge is 0.272 e. The van der Waals surface area contributed by atoms with Gasteiger partial charge >= 0.3 is 0 Å². The summed E-state index contributed by atoms with van der Waals surface area (Å²) in [6.45, 7) is 2.47. The number of nitrogens with zero attached hydrogens (tertiary/aromatic N) is 2. The molecule has 3 N–H and O–H groups in total. The Bertz CT molecular complexity index is 1870. The van der Waals surface area contributed by atoms with E-state index in [0.29, 0.717) is 51.8 Å². The Kier molecular flexibility index (Phi) is 10.3. The molecule has 3 aromatic carbocycles. The molecule has 0 atom stereocenters. The van der Waals surface area contributed by atoms with Crippen LogP contribution >= 0.6 is 23.1 Å². The van der Waals surface area contributed by atoms with Crippen LogP contribution in [0.3, 0.4) is 0 Å². The van der Waals surface area contributed by atoms with E-state index in [1.165, 1.54) is 60.4 Å². The Hall–Kier alpha value is -5.25. The van der Waals surface area contributed by atoms with Crippen LogP contribution in [0.5, 0.6) is 0 Å². The molecule has 0 saturated heterocycles. The molecule has 0 radical (unpaired) electrons. The zero-order valence-electron chi connectivity index (χ0n) is 24.6. The Morgan fingerprint density at radius 1 is 1.02 bits per heavy atom. The third kappa shape index (κ3) is 8.06. The Morgan fingerprint density at radius 3 is 2.50 bits per heavy atom. The highest BCUT2D eigenvalue weighted by Crippen LogP contribution is 2.37. The summed E-state index contributed by atoms with van der Waals surface area (Å²) in [4.78, 5) is 54.2. The number of halogens is 1. The molecule has 46 heavy (non-hydrogen) atoms. The molecule has 9 nitrogen and oxygen atoms in total. The standard InChI is InChI=1S/C34H28FN5O4S2/c1-21(41)40-15-14-27-28(18-36)34(46-30(27)19-40)39-31(42)20-45-26-9-5-8-25(17-26)37-33(44)29(16-22-10-12-24(35)13-11-22)38-32(43)23-6-3-2-4-7-23/h2-13,16-17H,14-15,19-20H2,1H3,(H,37,44)(H,38,43)(H,39,42)/b29-16+. The number of carbonyl (C=O) groups excluding carboxylic acids is 4. The summed E-state index contributed by atoms with van der Waals surface area (Å²) in [6.07, 6.45) is 2.02. The Morgan fingerprint density at radius 2 is 1.78 bits per heavy atom. The number of thiophene rings is 1. The van der Waals surface area contributed by atoms with Crippen molar-refractivity contribution in [3.8, 4) is 6.07 Å². The van der Waals surface area contributed by atoms with Gasteiger partial charge in [-0.05, 0) is 66.1 Å². The van der Waals surface area contributed by atoms with Crippen LogP contribution in [0.2, 0.25) is 0 Å². The second-order valence-corrected chi connectivity index (χ2v) is 12.4. The van der Waals surface area contributed by atoms with E-state index < -0.39 is 17.6 Å². The zero-order valence-corrected chi connectivity index (χ0v) is 26.3. The van der Waals surface area contributed by atoms with Gasteiger partial charge in [-0.3, -0.25) is 19.2 Å². The first-order valence-electron chi connectivity index (χ1n) is 14.2. The van der Waals surface area contributed by atoms with Crippen LogP contribution in [-0.4, -0.2) is 40.8 Å². The molecule has 4 aromatic rings. The minimum atomic E-state index is -0.595. The van der Waals surface area contributed by atoms with E-state index in [0.717, 1.165) is 10.4 Å². The van der Waals surface area contributed by atoms with Crippen molar-refractivity contribution in [1.82, 2.24) is 10.2 Å². The summed E-state index contributed by atoms with van der Waals surface area (Å²) in [5, 5.41) is 18.5. The molecule has 5 rings (SSSR count). The molecule has 0 spiro atoms. The van der Waals surface area contributed by atoms with Gasteiger partial charge in [0.25, 0.3) is 11.8 Å². The first-order valence-corrected chi connectivity index (χ1v) is 16.0. The van der Waals surface area contributed by atoms with E-state index in [-0.39, 0.29) is 23.3 Å². The molecule has 0 unspecified atom stereocenters. The predicted molar refractivity (Wildman–Crippen MR) is 177 cm³/mol. The van der Waals surface area contributed by atoms with Crippen molar-refractivity contribution in [1.29, 1.82) is 5.26 Å². The number of thioether (sulfide) groups is 1. The van der Waals surface area contributed by atoms with Gasteiger partial charge in [0.15, 0.2) is 0 Å². The molecule has 2 heterocycles. The predicted octanol–water partition coefficient (Wildman–Crippen LogP) is 5.80. The van der Waals surface area contributed by atoms with Gasteiger partial charge in [-0.25, -0.2) is 4.39 Å². The maximum Gasteiger partial charge on any atom is 0.272 e. The number of amides is 4. The van der Waals surface area contributed by atoms with Crippen molar-refractivity contribution in [2.24, 2.45) is 0 Å². The summed E-state index contributed by atoms with van der Waals surface area (Å²) in [7, 11) is 0. The van der Waals surface area contributed by atoms with Crippen molar-refractivity contribution < 1.29 is 23.6 Å². The molecular weight excluding hydrogens is 626 g/mol. The van der Waals surface area contributed by atoms with Crippen LogP contribution in [0.4, 0.5) is 15.1 Å². The van der Waals surface area contributed by atoms with Crippen LogP contribution in [0.25, 0.3) is 6.08 Å². The second kappa shape index (κ2) is 14.7. The third-order valence-corrected chi connectivity index (χ3v) is 9.16. The number of anilines is 2. The molecule has 0 bridgehead atoms. The number of carbonyl (C=O) groups is 4. The van der Waals surface area contributed by atoms with Gasteiger partial charge < -0.3 is 20.9 Å². The average molecular weight is 654 g/mol. The van der Waals surface area contributed by atoms with E-state index >= 15 is 0 Å². The van der Waals surface area contributed by atoms with Crippen molar-refractivity contribution in [3.63, 3.8) is 0 Å². The summed E-state index contributed by atoms with van der Waals surface area (Å²) >= 11 is 2.56. The van der Waals surface area contributed by atoms with Gasteiger partial charge in [-0.1, -0.05) is 36.4 Å². The van der Waals surface area contributed by atoms with Crippen LogP contribution in [0, 0.1) is 17.1 Å². The van der Waals surface area contributed by atoms with Crippen molar-refractivity contribution in [2.75, 3.05) is 22.9 Å². The number of benzene rings is 3. The molecule has 1 aliphatic rings. The van der Waals surface area contributed by atoms with Gasteiger partial charge in [0.2, 0.25) is 11.8 Å². The monoisotopic (exact) mass is 653 g/mol.